The molecule has 0 atom stereocenters. The second-order valence-corrected chi connectivity index (χ2v) is 4.27. The van der Waals surface area contributed by atoms with E-state index in [1.54, 1.807) is 12.1 Å². The average molecular weight is 298 g/mol. The minimum Gasteiger partial charge on any atom is -0.348 e. The summed E-state index contributed by atoms with van der Waals surface area (Å²) < 4.78 is 0. The third-order valence-corrected chi connectivity index (χ3v) is 2.98. The molecular formula is C13H16ClN3O3. The maximum atomic E-state index is 12.0. The Morgan fingerprint density at radius 1 is 1.40 bits per heavy atom. The van der Waals surface area contributed by atoms with Crippen molar-refractivity contribution < 1.29 is 9.72 Å². The van der Waals surface area contributed by atoms with Gasteiger partial charge in [-0.05, 0) is 19.0 Å². The van der Waals surface area contributed by atoms with E-state index in [1.807, 2.05) is 6.08 Å². The van der Waals surface area contributed by atoms with Gasteiger partial charge in [0.15, 0.2) is 0 Å². The molecule has 1 amide bonds. The molecule has 2 rings (SSSR count). The van der Waals surface area contributed by atoms with E-state index in [0.29, 0.717) is 6.54 Å². The Hall–Kier alpha value is -1.92. The van der Waals surface area contributed by atoms with Crippen LogP contribution in [0, 0.1) is 10.1 Å². The number of carbonyl (C=O) groups excluding carboxylic acids is 1. The molecule has 0 saturated heterocycles. The molecule has 0 unspecified atom stereocenters. The van der Waals surface area contributed by atoms with E-state index in [1.165, 1.54) is 12.1 Å². The van der Waals surface area contributed by atoms with Gasteiger partial charge in [0.2, 0.25) is 0 Å². The quantitative estimate of drug-likeness (QED) is 0.503. The third-order valence-electron chi connectivity index (χ3n) is 2.98. The van der Waals surface area contributed by atoms with Crippen molar-refractivity contribution in [2.45, 2.75) is 6.42 Å². The molecule has 20 heavy (non-hydrogen) atoms. The molecular weight excluding hydrogens is 282 g/mol. The second kappa shape index (κ2) is 7.62. The summed E-state index contributed by atoms with van der Waals surface area (Å²) in [5, 5.41) is 16.7. The highest BCUT2D eigenvalue weighted by atomic mass is 35.5. The van der Waals surface area contributed by atoms with Crippen molar-refractivity contribution in [3.05, 3.63) is 51.6 Å². The van der Waals surface area contributed by atoms with Crippen molar-refractivity contribution in [1.29, 1.82) is 0 Å². The van der Waals surface area contributed by atoms with Crippen LogP contribution in [0.1, 0.15) is 16.8 Å². The van der Waals surface area contributed by atoms with Crippen molar-refractivity contribution in [2.24, 2.45) is 0 Å². The Kier molecular flexibility index (Phi) is 6.14. The molecule has 1 aliphatic heterocycles. The summed E-state index contributed by atoms with van der Waals surface area (Å²) in [6, 6.07) is 5.96. The first kappa shape index (κ1) is 16.1. The zero-order chi connectivity index (χ0) is 13.7. The maximum Gasteiger partial charge on any atom is 0.282 e. The fourth-order valence-corrected chi connectivity index (χ4v) is 1.94. The smallest absolute Gasteiger partial charge is 0.282 e. The van der Waals surface area contributed by atoms with E-state index < -0.39 is 10.8 Å². The first-order valence-corrected chi connectivity index (χ1v) is 6.08. The minimum atomic E-state index is -0.543. The summed E-state index contributed by atoms with van der Waals surface area (Å²) in [6.07, 6.45) is 2.92. The highest BCUT2D eigenvalue weighted by Crippen LogP contribution is 2.17. The van der Waals surface area contributed by atoms with Crippen LogP contribution >= 0.6 is 12.4 Å². The Balaban J connectivity index is 0.00000200. The number of hydrogen-bond donors (Lipinski definition) is 2. The number of nitrogens with zero attached hydrogens (tertiary/aromatic N) is 1. The first-order valence-electron chi connectivity index (χ1n) is 6.08. The number of nitrogens with one attached hydrogen (secondary N) is 2. The third kappa shape index (κ3) is 4.04. The van der Waals surface area contributed by atoms with Crippen LogP contribution in [0.3, 0.4) is 0 Å². The molecule has 108 valence electrons. The molecule has 0 saturated carbocycles. The lowest BCUT2D eigenvalue weighted by Crippen LogP contribution is -2.30. The Labute approximate surface area is 122 Å². The zero-order valence-corrected chi connectivity index (χ0v) is 11.6. The first-order chi connectivity index (χ1) is 9.18. The van der Waals surface area contributed by atoms with Crippen LogP contribution in [0.5, 0.6) is 0 Å². The molecule has 0 bridgehead atoms. The van der Waals surface area contributed by atoms with E-state index in [0.717, 1.165) is 25.1 Å². The van der Waals surface area contributed by atoms with Gasteiger partial charge >= 0.3 is 0 Å². The number of carbonyl (C=O) groups is 1. The Bertz CT molecular complexity index is 531. The lowest BCUT2D eigenvalue weighted by atomic mass is 10.1. The van der Waals surface area contributed by atoms with Gasteiger partial charge < -0.3 is 10.6 Å². The number of para-hydroxylation sites is 1. The van der Waals surface area contributed by atoms with Gasteiger partial charge in [0.1, 0.15) is 5.56 Å². The van der Waals surface area contributed by atoms with Crippen LogP contribution < -0.4 is 10.6 Å². The van der Waals surface area contributed by atoms with Crippen LogP contribution in [0.2, 0.25) is 0 Å². The van der Waals surface area contributed by atoms with E-state index >= 15 is 0 Å². The maximum absolute atomic E-state index is 12.0. The predicted molar refractivity (Wildman–Crippen MR) is 78.2 cm³/mol. The predicted octanol–water partition coefficient (Wildman–Crippen LogP) is 1.67. The molecule has 0 fully saturated rings. The number of nitro groups is 1. The molecule has 0 radical (unpaired) electrons. The molecule has 1 heterocycles. The van der Waals surface area contributed by atoms with Gasteiger partial charge in [0.25, 0.3) is 11.6 Å². The van der Waals surface area contributed by atoms with Crippen molar-refractivity contribution in [3.63, 3.8) is 0 Å². The van der Waals surface area contributed by atoms with Crippen LogP contribution in [-0.4, -0.2) is 30.5 Å². The number of amides is 1. The fourth-order valence-electron chi connectivity index (χ4n) is 1.94. The Morgan fingerprint density at radius 3 is 2.80 bits per heavy atom. The monoisotopic (exact) mass is 297 g/mol. The van der Waals surface area contributed by atoms with Crippen molar-refractivity contribution in [2.75, 3.05) is 19.6 Å². The largest absolute Gasteiger partial charge is 0.348 e. The lowest BCUT2D eigenvalue weighted by Gasteiger charge is -2.14. The molecule has 2 N–H and O–H groups in total. The average Bonchev–Trinajstić information content (AvgIpc) is 2.46. The van der Waals surface area contributed by atoms with Crippen molar-refractivity contribution >= 4 is 24.0 Å². The van der Waals surface area contributed by atoms with Gasteiger partial charge in [0, 0.05) is 19.2 Å². The summed E-state index contributed by atoms with van der Waals surface area (Å²) in [5.41, 5.74) is 1.08. The molecule has 0 spiro atoms. The fraction of sp³-hybridized carbons (Fsp3) is 0.308. The van der Waals surface area contributed by atoms with Gasteiger partial charge in [-0.15, -0.1) is 12.4 Å². The number of halogens is 1. The van der Waals surface area contributed by atoms with Crippen LogP contribution in [0.4, 0.5) is 5.69 Å². The van der Waals surface area contributed by atoms with Crippen molar-refractivity contribution in [3.8, 4) is 0 Å². The van der Waals surface area contributed by atoms with Gasteiger partial charge in [0.05, 0.1) is 4.92 Å². The van der Waals surface area contributed by atoms with E-state index in [2.05, 4.69) is 10.6 Å². The van der Waals surface area contributed by atoms with Gasteiger partial charge in [-0.2, -0.15) is 0 Å². The topological polar surface area (TPSA) is 84.3 Å². The molecule has 0 aromatic heterocycles. The SMILES string of the molecule is Cl.O=C(NCC1=CCNCC1)c1ccccc1[N+](=O)[O-]. The lowest BCUT2D eigenvalue weighted by molar-refractivity contribution is -0.385. The number of nitro benzene ring substituents is 1. The summed E-state index contributed by atoms with van der Waals surface area (Å²) >= 11 is 0. The standard InChI is InChI=1S/C13H15N3O3.ClH/c17-13(15-9-10-5-7-14-8-6-10)11-3-1-2-4-12(11)16(18)19;/h1-5,14H,6-9H2,(H,15,17);1H. The molecule has 1 aliphatic rings. The minimum absolute atomic E-state index is 0. The van der Waals surface area contributed by atoms with Crippen LogP contribution in [0.25, 0.3) is 0 Å². The summed E-state index contributed by atoms with van der Waals surface area (Å²) in [7, 11) is 0. The van der Waals surface area contributed by atoms with Gasteiger partial charge in [-0.1, -0.05) is 23.8 Å². The summed E-state index contributed by atoms with van der Waals surface area (Å²) in [5.74, 6) is -0.410. The molecule has 1 aromatic rings. The van der Waals surface area contributed by atoms with E-state index in [4.69, 9.17) is 0 Å². The Morgan fingerprint density at radius 2 is 2.15 bits per heavy atom. The molecule has 1 aromatic carbocycles. The highest BCUT2D eigenvalue weighted by molar-refractivity contribution is 5.98. The van der Waals surface area contributed by atoms with Gasteiger partial charge in [-0.3, -0.25) is 14.9 Å². The van der Waals surface area contributed by atoms with E-state index in [9.17, 15) is 14.9 Å². The van der Waals surface area contributed by atoms with Crippen LogP contribution in [-0.2, 0) is 0 Å². The zero-order valence-electron chi connectivity index (χ0n) is 10.8. The van der Waals surface area contributed by atoms with Crippen molar-refractivity contribution in [1.82, 2.24) is 10.6 Å². The normalized spacial score (nSPS) is 13.9. The molecule has 7 heteroatoms. The van der Waals surface area contributed by atoms with Gasteiger partial charge in [-0.25, -0.2) is 0 Å². The summed E-state index contributed by atoms with van der Waals surface area (Å²) in [4.78, 5) is 22.2. The number of rotatable bonds is 4. The van der Waals surface area contributed by atoms with E-state index in [-0.39, 0.29) is 23.7 Å². The van der Waals surface area contributed by atoms with Crippen LogP contribution in [0.15, 0.2) is 35.9 Å². The number of hydrogen-bond acceptors (Lipinski definition) is 4. The summed E-state index contributed by atoms with van der Waals surface area (Å²) in [6.45, 7) is 2.14. The molecule has 6 nitrogen and oxygen atoms in total. The molecule has 0 aliphatic carbocycles. The highest BCUT2D eigenvalue weighted by Gasteiger charge is 2.18. The second-order valence-electron chi connectivity index (χ2n) is 4.27. The number of benzene rings is 1.